The number of nitrogens with one attached hydrogen (secondary N) is 1. The summed E-state index contributed by atoms with van der Waals surface area (Å²) in [5.41, 5.74) is 3.27. The molecule has 2 aromatic carbocycles. The van der Waals surface area contributed by atoms with E-state index in [2.05, 4.69) is 41.8 Å². The van der Waals surface area contributed by atoms with Crippen molar-refractivity contribution in [1.29, 1.82) is 0 Å². The van der Waals surface area contributed by atoms with Crippen LogP contribution in [-0.4, -0.2) is 31.1 Å². The number of hydrogen-bond acceptors (Lipinski definition) is 6. The van der Waals surface area contributed by atoms with Gasteiger partial charge in [0.1, 0.15) is 6.33 Å². The van der Waals surface area contributed by atoms with Gasteiger partial charge in [-0.2, -0.15) is 0 Å². The highest BCUT2D eigenvalue weighted by atomic mass is 79.9. The van der Waals surface area contributed by atoms with Crippen LogP contribution in [0.25, 0.3) is 5.69 Å². The number of thiazole rings is 1. The van der Waals surface area contributed by atoms with Crippen molar-refractivity contribution in [1.82, 2.24) is 25.2 Å². The van der Waals surface area contributed by atoms with Gasteiger partial charge in [0.25, 0.3) is 5.91 Å². The SMILES string of the molecule is Cc1nc(NC(=O)c2ccc(-n3cnnn3)cc2)sc1Cc1ccc(Br)c(Cl)c1. The quantitative estimate of drug-likeness (QED) is 0.440. The van der Waals surface area contributed by atoms with Gasteiger partial charge in [0.15, 0.2) is 5.13 Å². The second-order valence-corrected chi connectivity index (χ2v) is 8.55. The number of nitrogens with zero attached hydrogens (tertiary/aromatic N) is 5. The summed E-state index contributed by atoms with van der Waals surface area (Å²) in [6, 6.07) is 12.9. The molecule has 0 spiro atoms. The largest absolute Gasteiger partial charge is 0.298 e. The van der Waals surface area contributed by atoms with E-state index < -0.39 is 0 Å². The Labute approximate surface area is 183 Å². The predicted molar refractivity (Wildman–Crippen MR) is 116 cm³/mol. The number of tetrazole rings is 1. The van der Waals surface area contributed by atoms with Gasteiger partial charge < -0.3 is 0 Å². The lowest BCUT2D eigenvalue weighted by atomic mass is 10.1. The molecule has 0 aliphatic carbocycles. The lowest BCUT2D eigenvalue weighted by molar-refractivity contribution is 0.102. The van der Waals surface area contributed by atoms with Gasteiger partial charge in [-0.05, 0) is 75.2 Å². The Balaban J connectivity index is 1.46. The fraction of sp³-hybridized carbons (Fsp3) is 0.105. The molecule has 0 fully saturated rings. The van der Waals surface area contributed by atoms with Crippen molar-refractivity contribution in [2.24, 2.45) is 0 Å². The topological polar surface area (TPSA) is 85.6 Å². The van der Waals surface area contributed by atoms with Crippen LogP contribution in [0.15, 0.2) is 53.3 Å². The molecule has 2 heterocycles. The molecule has 4 aromatic rings. The van der Waals surface area contributed by atoms with E-state index >= 15 is 0 Å². The highest BCUT2D eigenvalue weighted by Crippen LogP contribution is 2.28. The van der Waals surface area contributed by atoms with Crippen LogP contribution in [0, 0.1) is 6.92 Å². The molecule has 0 unspecified atom stereocenters. The van der Waals surface area contributed by atoms with Crippen molar-refractivity contribution < 1.29 is 4.79 Å². The minimum Gasteiger partial charge on any atom is -0.298 e. The third-order valence-electron chi connectivity index (χ3n) is 4.20. The van der Waals surface area contributed by atoms with Crippen LogP contribution in [0.1, 0.15) is 26.5 Å². The van der Waals surface area contributed by atoms with Crippen LogP contribution in [0.2, 0.25) is 5.02 Å². The van der Waals surface area contributed by atoms with E-state index in [0.29, 0.717) is 22.1 Å². The van der Waals surface area contributed by atoms with Gasteiger partial charge in [-0.25, -0.2) is 9.67 Å². The third kappa shape index (κ3) is 4.52. The van der Waals surface area contributed by atoms with E-state index in [9.17, 15) is 4.79 Å². The van der Waals surface area contributed by atoms with Crippen LogP contribution in [0.5, 0.6) is 0 Å². The first-order valence-electron chi connectivity index (χ1n) is 8.54. The maximum absolute atomic E-state index is 12.6. The van der Waals surface area contributed by atoms with Gasteiger partial charge in [-0.3, -0.25) is 10.1 Å². The second-order valence-electron chi connectivity index (χ2n) is 6.21. The van der Waals surface area contributed by atoms with E-state index in [-0.39, 0.29) is 5.91 Å². The number of benzene rings is 2. The molecule has 0 aliphatic rings. The highest BCUT2D eigenvalue weighted by Gasteiger charge is 2.13. The van der Waals surface area contributed by atoms with E-state index in [1.807, 2.05) is 25.1 Å². The van der Waals surface area contributed by atoms with Crippen LogP contribution in [-0.2, 0) is 6.42 Å². The summed E-state index contributed by atoms with van der Waals surface area (Å²) in [5, 5.41) is 15.1. The molecule has 7 nitrogen and oxygen atoms in total. The van der Waals surface area contributed by atoms with Crippen LogP contribution >= 0.6 is 38.9 Å². The summed E-state index contributed by atoms with van der Waals surface area (Å²) >= 11 is 11.0. The van der Waals surface area contributed by atoms with Gasteiger partial charge >= 0.3 is 0 Å². The molecule has 29 heavy (non-hydrogen) atoms. The predicted octanol–water partition coefficient (Wildman–Crippen LogP) is 4.69. The fourth-order valence-corrected chi connectivity index (χ4v) is 4.14. The van der Waals surface area contributed by atoms with Crippen molar-refractivity contribution >= 4 is 49.9 Å². The van der Waals surface area contributed by atoms with Gasteiger partial charge in [0.2, 0.25) is 0 Å². The fourth-order valence-electron chi connectivity index (χ4n) is 2.69. The first-order valence-corrected chi connectivity index (χ1v) is 10.5. The van der Waals surface area contributed by atoms with Crippen molar-refractivity contribution in [2.75, 3.05) is 5.32 Å². The van der Waals surface area contributed by atoms with Crippen molar-refractivity contribution in [3.05, 3.63) is 80.0 Å². The maximum atomic E-state index is 12.6. The van der Waals surface area contributed by atoms with E-state index in [4.69, 9.17) is 11.6 Å². The Hall–Kier alpha value is -2.62. The summed E-state index contributed by atoms with van der Waals surface area (Å²) in [6.45, 7) is 1.93. The summed E-state index contributed by atoms with van der Waals surface area (Å²) in [7, 11) is 0. The first kappa shape index (κ1) is 19.7. The van der Waals surface area contributed by atoms with Gasteiger partial charge in [0.05, 0.1) is 16.4 Å². The summed E-state index contributed by atoms with van der Waals surface area (Å²) in [4.78, 5) is 18.1. The summed E-state index contributed by atoms with van der Waals surface area (Å²) in [6.07, 6.45) is 2.20. The molecular weight excluding hydrogens is 476 g/mol. The highest BCUT2D eigenvalue weighted by molar-refractivity contribution is 9.10. The number of aryl methyl sites for hydroxylation is 1. The Morgan fingerprint density at radius 3 is 2.72 bits per heavy atom. The minimum atomic E-state index is -0.222. The Bertz CT molecular complexity index is 1160. The molecule has 2 aromatic heterocycles. The van der Waals surface area contributed by atoms with E-state index in [1.165, 1.54) is 22.3 Å². The second kappa shape index (κ2) is 8.40. The zero-order chi connectivity index (χ0) is 20.4. The molecule has 4 rings (SSSR count). The molecule has 1 amide bonds. The summed E-state index contributed by atoms with van der Waals surface area (Å²) < 4.78 is 2.38. The van der Waals surface area contributed by atoms with E-state index in [0.717, 1.165) is 26.3 Å². The number of halogens is 2. The monoisotopic (exact) mass is 488 g/mol. The number of hydrogen-bond donors (Lipinski definition) is 1. The maximum Gasteiger partial charge on any atom is 0.257 e. The molecule has 0 saturated heterocycles. The number of rotatable bonds is 5. The number of carbonyl (C=O) groups is 1. The molecule has 0 bridgehead atoms. The van der Waals surface area contributed by atoms with Crippen molar-refractivity contribution in [2.45, 2.75) is 13.3 Å². The number of aromatic nitrogens is 5. The molecule has 0 atom stereocenters. The average molecular weight is 490 g/mol. The minimum absolute atomic E-state index is 0.222. The van der Waals surface area contributed by atoms with Crippen LogP contribution in [0.3, 0.4) is 0 Å². The number of carbonyl (C=O) groups excluding carboxylic acids is 1. The van der Waals surface area contributed by atoms with Gasteiger partial charge in [-0.15, -0.1) is 16.4 Å². The number of anilines is 1. The molecule has 0 radical (unpaired) electrons. The van der Waals surface area contributed by atoms with Gasteiger partial charge in [-0.1, -0.05) is 17.7 Å². The van der Waals surface area contributed by atoms with Crippen LogP contribution < -0.4 is 5.32 Å². The normalized spacial score (nSPS) is 10.9. The average Bonchev–Trinajstić information content (AvgIpc) is 3.35. The smallest absolute Gasteiger partial charge is 0.257 e. The van der Waals surface area contributed by atoms with Crippen molar-refractivity contribution in [3.63, 3.8) is 0 Å². The zero-order valence-corrected chi connectivity index (χ0v) is 18.3. The van der Waals surface area contributed by atoms with Crippen LogP contribution in [0.4, 0.5) is 5.13 Å². The summed E-state index contributed by atoms with van der Waals surface area (Å²) in [5.74, 6) is -0.222. The number of amides is 1. The molecule has 10 heteroatoms. The lowest BCUT2D eigenvalue weighted by Gasteiger charge is -2.03. The molecule has 146 valence electrons. The van der Waals surface area contributed by atoms with Crippen molar-refractivity contribution in [3.8, 4) is 5.69 Å². The molecule has 0 aliphatic heterocycles. The standard InChI is InChI=1S/C19H14BrClN6OS/c1-11-17(9-12-2-7-15(20)16(21)8-12)29-19(23-11)24-18(28)13-3-5-14(6-4-13)27-10-22-25-26-27/h2-8,10H,9H2,1H3,(H,23,24,28). The van der Waals surface area contributed by atoms with E-state index in [1.54, 1.807) is 24.3 Å². The molecular formula is C19H14BrClN6OS. The lowest BCUT2D eigenvalue weighted by Crippen LogP contribution is -2.11. The Morgan fingerprint density at radius 2 is 2.03 bits per heavy atom. The first-order chi connectivity index (χ1) is 14.0. The Morgan fingerprint density at radius 1 is 1.24 bits per heavy atom. The zero-order valence-electron chi connectivity index (χ0n) is 15.1. The molecule has 0 saturated carbocycles. The molecule has 1 N–H and O–H groups in total. The van der Waals surface area contributed by atoms with Gasteiger partial charge in [0, 0.05) is 21.3 Å². The third-order valence-corrected chi connectivity index (χ3v) is 6.51. The Kier molecular flexibility index (Phi) is 5.70.